The Morgan fingerprint density at radius 1 is 1.23 bits per heavy atom. The fraction of sp³-hybridized carbons (Fsp3) is 0.188. The van der Waals surface area contributed by atoms with Crippen LogP contribution in [0.2, 0.25) is 0 Å². The molecular formula is C16H16N4OS. The van der Waals surface area contributed by atoms with Crippen LogP contribution < -0.4 is 0 Å². The standard InChI is InChI=1S/C16H16N4OS/c1-3-19(2)16(21)14-17-15(13-10-7-11-22-13)20(18-14)12-8-5-4-6-9-12/h4-11H,3H2,1-2H3. The van der Waals surface area contributed by atoms with Gasteiger partial charge in [0.2, 0.25) is 5.82 Å². The van der Waals surface area contributed by atoms with Crippen molar-refractivity contribution >= 4 is 17.2 Å². The summed E-state index contributed by atoms with van der Waals surface area (Å²) in [6, 6.07) is 13.7. The molecule has 3 aromatic rings. The number of carbonyl (C=O) groups is 1. The summed E-state index contributed by atoms with van der Waals surface area (Å²) < 4.78 is 1.72. The van der Waals surface area contributed by atoms with Crippen molar-refractivity contribution in [1.82, 2.24) is 19.7 Å². The maximum absolute atomic E-state index is 12.3. The van der Waals surface area contributed by atoms with Gasteiger partial charge in [0.1, 0.15) is 0 Å². The first-order valence-electron chi connectivity index (χ1n) is 7.02. The number of amides is 1. The van der Waals surface area contributed by atoms with Gasteiger partial charge in [-0.05, 0) is 30.5 Å². The van der Waals surface area contributed by atoms with Gasteiger partial charge in [-0.1, -0.05) is 24.3 Å². The lowest BCUT2D eigenvalue weighted by atomic mass is 10.3. The van der Waals surface area contributed by atoms with Crippen LogP contribution in [0.15, 0.2) is 47.8 Å². The predicted octanol–water partition coefficient (Wildman–Crippen LogP) is 3.09. The molecule has 0 atom stereocenters. The van der Waals surface area contributed by atoms with E-state index in [1.165, 1.54) is 0 Å². The van der Waals surface area contributed by atoms with Gasteiger partial charge >= 0.3 is 0 Å². The van der Waals surface area contributed by atoms with Crippen molar-refractivity contribution in [3.05, 3.63) is 53.7 Å². The Labute approximate surface area is 132 Å². The Morgan fingerprint density at radius 2 is 2.00 bits per heavy atom. The number of benzene rings is 1. The quantitative estimate of drug-likeness (QED) is 0.744. The van der Waals surface area contributed by atoms with Gasteiger partial charge in [0.25, 0.3) is 5.91 Å². The lowest BCUT2D eigenvalue weighted by Crippen LogP contribution is -2.27. The molecule has 0 N–H and O–H groups in total. The second-order valence-electron chi connectivity index (χ2n) is 4.80. The van der Waals surface area contributed by atoms with Gasteiger partial charge in [-0.15, -0.1) is 16.4 Å². The maximum Gasteiger partial charge on any atom is 0.293 e. The van der Waals surface area contributed by atoms with E-state index in [9.17, 15) is 4.79 Å². The molecular weight excluding hydrogens is 296 g/mol. The van der Waals surface area contributed by atoms with Crippen LogP contribution >= 0.6 is 11.3 Å². The molecule has 112 valence electrons. The lowest BCUT2D eigenvalue weighted by molar-refractivity contribution is 0.0790. The first-order chi connectivity index (χ1) is 10.7. The molecule has 3 rings (SSSR count). The molecule has 0 spiro atoms. The summed E-state index contributed by atoms with van der Waals surface area (Å²) in [5.74, 6) is 0.737. The molecule has 0 saturated heterocycles. The van der Waals surface area contributed by atoms with Crippen LogP contribution in [0.25, 0.3) is 16.4 Å². The highest BCUT2D eigenvalue weighted by Crippen LogP contribution is 2.25. The van der Waals surface area contributed by atoms with Gasteiger partial charge in [0.15, 0.2) is 5.82 Å². The van der Waals surface area contributed by atoms with Crippen molar-refractivity contribution < 1.29 is 4.79 Å². The third-order valence-electron chi connectivity index (χ3n) is 3.36. The molecule has 6 heteroatoms. The van der Waals surface area contributed by atoms with E-state index in [1.54, 1.807) is 28.0 Å². The molecule has 2 heterocycles. The number of hydrogen-bond acceptors (Lipinski definition) is 4. The van der Waals surface area contributed by atoms with Crippen molar-refractivity contribution in [2.24, 2.45) is 0 Å². The molecule has 5 nitrogen and oxygen atoms in total. The Kier molecular flexibility index (Phi) is 4.02. The topological polar surface area (TPSA) is 51.0 Å². The number of para-hydroxylation sites is 1. The van der Waals surface area contributed by atoms with E-state index in [2.05, 4.69) is 10.1 Å². The van der Waals surface area contributed by atoms with Crippen molar-refractivity contribution in [1.29, 1.82) is 0 Å². The molecule has 1 amide bonds. The Balaban J connectivity index is 2.12. The SMILES string of the molecule is CCN(C)C(=O)c1nc(-c2cccs2)n(-c2ccccc2)n1. The summed E-state index contributed by atoms with van der Waals surface area (Å²) in [5.41, 5.74) is 0.886. The smallest absolute Gasteiger partial charge is 0.293 e. The predicted molar refractivity (Wildman–Crippen MR) is 87.3 cm³/mol. The number of thiophene rings is 1. The van der Waals surface area contributed by atoms with Crippen molar-refractivity contribution in [3.8, 4) is 16.4 Å². The minimum atomic E-state index is -0.171. The highest BCUT2D eigenvalue weighted by molar-refractivity contribution is 7.13. The van der Waals surface area contributed by atoms with E-state index in [1.807, 2.05) is 54.8 Å². The first-order valence-corrected chi connectivity index (χ1v) is 7.90. The highest BCUT2D eigenvalue weighted by atomic mass is 32.1. The van der Waals surface area contributed by atoms with Crippen LogP contribution in [0.1, 0.15) is 17.5 Å². The van der Waals surface area contributed by atoms with Gasteiger partial charge in [-0.25, -0.2) is 9.67 Å². The normalized spacial score (nSPS) is 10.6. The summed E-state index contributed by atoms with van der Waals surface area (Å²) in [4.78, 5) is 19.4. The molecule has 0 fully saturated rings. The fourth-order valence-electron chi connectivity index (χ4n) is 2.03. The molecule has 2 aromatic heterocycles. The van der Waals surface area contributed by atoms with Crippen LogP contribution in [0.3, 0.4) is 0 Å². The third-order valence-corrected chi connectivity index (χ3v) is 4.23. The van der Waals surface area contributed by atoms with Gasteiger partial charge < -0.3 is 4.90 Å². The van der Waals surface area contributed by atoms with Crippen LogP contribution in [-0.2, 0) is 0 Å². The van der Waals surface area contributed by atoms with Gasteiger partial charge in [0.05, 0.1) is 10.6 Å². The van der Waals surface area contributed by atoms with Gasteiger partial charge in [-0.3, -0.25) is 4.79 Å². The zero-order valence-electron chi connectivity index (χ0n) is 12.4. The monoisotopic (exact) mass is 312 g/mol. The lowest BCUT2D eigenvalue weighted by Gasteiger charge is -2.10. The number of nitrogens with zero attached hydrogens (tertiary/aromatic N) is 4. The first kappa shape index (κ1) is 14.5. The zero-order chi connectivity index (χ0) is 15.5. The molecule has 0 bridgehead atoms. The summed E-state index contributed by atoms with van der Waals surface area (Å²) >= 11 is 1.58. The van der Waals surface area contributed by atoms with E-state index in [0.717, 1.165) is 10.6 Å². The van der Waals surface area contributed by atoms with E-state index < -0.39 is 0 Å². The number of aromatic nitrogens is 3. The molecule has 0 radical (unpaired) electrons. The maximum atomic E-state index is 12.3. The van der Waals surface area contributed by atoms with Crippen molar-refractivity contribution in [2.45, 2.75) is 6.92 Å². The highest BCUT2D eigenvalue weighted by Gasteiger charge is 2.21. The molecule has 0 aliphatic rings. The summed E-state index contributed by atoms with van der Waals surface area (Å²) in [6.07, 6.45) is 0. The summed E-state index contributed by atoms with van der Waals surface area (Å²) in [6.45, 7) is 2.54. The van der Waals surface area contributed by atoms with Crippen LogP contribution in [0.5, 0.6) is 0 Å². The van der Waals surface area contributed by atoms with Crippen LogP contribution in [0, 0.1) is 0 Å². The van der Waals surface area contributed by atoms with Crippen LogP contribution in [0.4, 0.5) is 0 Å². The van der Waals surface area contributed by atoms with Crippen LogP contribution in [-0.4, -0.2) is 39.2 Å². The Bertz CT molecular complexity index is 765. The van der Waals surface area contributed by atoms with E-state index in [0.29, 0.717) is 12.4 Å². The zero-order valence-corrected chi connectivity index (χ0v) is 13.2. The number of carbonyl (C=O) groups excluding carboxylic acids is 1. The molecule has 0 aliphatic heterocycles. The fourth-order valence-corrected chi connectivity index (χ4v) is 2.73. The van der Waals surface area contributed by atoms with E-state index in [-0.39, 0.29) is 11.7 Å². The minimum absolute atomic E-state index is 0.171. The Morgan fingerprint density at radius 3 is 2.64 bits per heavy atom. The summed E-state index contributed by atoms with van der Waals surface area (Å²) in [7, 11) is 1.75. The molecule has 0 unspecified atom stereocenters. The third kappa shape index (κ3) is 2.65. The second kappa shape index (κ2) is 6.11. The number of hydrogen-bond donors (Lipinski definition) is 0. The molecule has 0 saturated carbocycles. The average molecular weight is 312 g/mol. The minimum Gasteiger partial charge on any atom is -0.339 e. The Hall–Kier alpha value is -2.47. The van der Waals surface area contributed by atoms with E-state index >= 15 is 0 Å². The number of rotatable bonds is 4. The van der Waals surface area contributed by atoms with Gasteiger partial charge in [0, 0.05) is 13.6 Å². The molecule has 22 heavy (non-hydrogen) atoms. The van der Waals surface area contributed by atoms with Crippen molar-refractivity contribution in [3.63, 3.8) is 0 Å². The molecule has 0 aliphatic carbocycles. The van der Waals surface area contributed by atoms with Crippen molar-refractivity contribution in [2.75, 3.05) is 13.6 Å². The largest absolute Gasteiger partial charge is 0.339 e. The average Bonchev–Trinajstić information content (AvgIpc) is 3.23. The molecule has 1 aromatic carbocycles. The second-order valence-corrected chi connectivity index (χ2v) is 5.75. The van der Waals surface area contributed by atoms with E-state index in [4.69, 9.17) is 0 Å². The summed E-state index contributed by atoms with van der Waals surface area (Å²) in [5, 5.41) is 6.41. The van der Waals surface area contributed by atoms with Gasteiger partial charge in [-0.2, -0.15) is 0 Å².